The molecule has 1 aliphatic rings. The van der Waals surface area contributed by atoms with E-state index in [0.29, 0.717) is 17.5 Å². The van der Waals surface area contributed by atoms with Crippen LogP contribution in [0.15, 0.2) is 66.2 Å². The van der Waals surface area contributed by atoms with Gasteiger partial charge in [0.1, 0.15) is 34.7 Å². The maximum Gasteiger partial charge on any atom is 0.174 e. The van der Waals surface area contributed by atoms with E-state index in [9.17, 15) is 20.1 Å². The maximum absolute atomic E-state index is 13.2. The van der Waals surface area contributed by atoms with Gasteiger partial charge in [-0.3, -0.25) is 4.79 Å². The number of rotatable bonds is 4. The van der Waals surface area contributed by atoms with Crippen molar-refractivity contribution in [1.82, 2.24) is 0 Å². The summed E-state index contributed by atoms with van der Waals surface area (Å²) >= 11 is 0. The minimum absolute atomic E-state index is 0.0480. The Balaban J connectivity index is 1.91. The van der Waals surface area contributed by atoms with E-state index >= 15 is 0 Å². The van der Waals surface area contributed by atoms with Crippen LogP contribution in [0.4, 0.5) is 0 Å². The summed E-state index contributed by atoms with van der Waals surface area (Å²) < 4.78 is 6.19. The Hall–Kier alpha value is -3.73. The Bertz CT molecular complexity index is 1160. The third-order valence-electron chi connectivity index (χ3n) is 5.45. The van der Waals surface area contributed by atoms with Crippen LogP contribution < -0.4 is 4.74 Å². The van der Waals surface area contributed by atoms with Gasteiger partial charge in [-0.1, -0.05) is 54.1 Å². The molecule has 5 heteroatoms. The second kappa shape index (κ2) is 8.19. The van der Waals surface area contributed by atoms with Crippen molar-refractivity contribution in [3.05, 3.63) is 82.9 Å². The third kappa shape index (κ3) is 3.87. The number of phenols is 3. The second-order valence-electron chi connectivity index (χ2n) is 7.93. The van der Waals surface area contributed by atoms with Crippen molar-refractivity contribution in [3.63, 3.8) is 0 Å². The van der Waals surface area contributed by atoms with Crippen LogP contribution in [0.1, 0.15) is 47.9 Å². The number of allylic oxidation sites excluding steroid dienone is 2. The number of carbonyl (C=O) groups excluding carboxylic acids is 1. The van der Waals surface area contributed by atoms with E-state index in [1.165, 1.54) is 12.1 Å². The fourth-order valence-electron chi connectivity index (χ4n) is 3.85. The van der Waals surface area contributed by atoms with Gasteiger partial charge in [-0.05, 0) is 43.5 Å². The summed E-state index contributed by atoms with van der Waals surface area (Å²) in [5, 5.41) is 31.7. The number of ketones is 1. The minimum atomic E-state index is -0.576. The summed E-state index contributed by atoms with van der Waals surface area (Å²) in [5.74, 6) is -0.291. The molecule has 0 bridgehead atoms. The molecule has 1 aliphatic heterocycles. The molecule has 0 saturated heterocycles. The molecular weight excluding hydrogens is 392 g/mol. The molecular formula is C26H24O5. The molecule has 4 rings (SSSR count). The standard InChI is InChI=1S/C26H24O5/c1-15(2)8-13-19-24(29)22(17-6-4-3-5-7-17)25(30)23-20(28)14-21(31-26(19)23)16-9-11-18(27)12-10-16/h3-12,21,27,29-30H,13-14H2,1-2H3/t21-/m0/s1. The lowest BCUT2D eigenvalue weighted by molar-refractivity contribution is 0.0843. The fourth-order valence-corrected chi connectivity index (χ4v) is 3.85. The number of aromatic hydroxyl groups is 3. The van der Waals surface area contributed by atoms with Gasteiger partial charge in [0.25, 0.3) is 0 Å². The quantitative estimate of drug-likeness (QED) is 0.476. The van der Waals surface area contributed by atoms with Gasteiger partial charge < -0.3 is 20.1 Å². The Morgan fingerprint density at radius 1 is 0.968 bits per heavy atom. The first kappa shape index (κ1) is 20.5. The zero-order valence-electron chi connectivity index (χ0n) is 17.4. The summed E-state index contributed by atoms with van der Waals surface area (Å²) in [6.45, 7) is 3.90. The lowest BCUT2D eigenvalue weighted by Gasteiger charge is -2.29. The Morgan fingerprint density at radius 2 is 1.65 bits per heavy atom. The van der Waals surface area contributed by atoms with Gasteiger partial charge in [0.05, 0.1) is 12.0 Å². The normalized spacial score (nSPS) is 15.2. The summed E-state index contributed by atoms with van der Waals surface area (Å²) in [6.07, 6.45) is 1.77. The average molecular weight is 416 g/mol. The van der Waals surface area contributed by atoms with Crippen molar-refractivity contribution < 1.29 is 24.9 Å². The van der Waals surface area contributed by atoms with Gasteiger partial charge >= 0.3 is 0 Å². The van der Waals surface area contributed by atoms with E-state index in [0.717, 1.165) is 11.1 Å². The molecule has 3 aromatic carbocycles. The van der Waals surface area contributed by atoms with Crippen molar-refractivity contribution in [2.45, 2.75) is 32.8 Å². The molecule has 3 aromatic rings. The Morgan fingerprint density at radius 3 is 2.29 bits per heavy atom. The molecule has 0 unspecified atom stereocenters. The van der Waals surface area contributed by atoms with Crippen LogP contribution >= 0.6 is 0 Å². The van der Waals surface area contributed by atoms with Crippen molar-refractivity contribution in [1.29, 1.82) is 0 Å². The number of phenolic OH excluding ortho intramolecular Hbond substituents is 3. The number of ether oxygens (including phenoxy) is 1. The Kier molecular flexibility index (Phi) is 5.42. The predicted molar refractivity (Wildman–Crippen MR) is 119 cm³/mol. The van der Waals surface area contributed by atoms with Crippen LogP contribution in [0.5, 0.6) is 23.0 Å². The molecule has 3 N–H and O–H groups in total. The van der Waals surface area contributed by atoms with Crippen LogP contribution in [-0.4, -0.2) is 21.1 Å². The van der Waals surface area contributed by atoms with Gasteiger partial charge in [0, 0.05) is 5.56 Å². The third-order valence-corrected chi connectivity index (χ3v) is 5.45. The van der Waals surface area contributed by atoms with Crippen molar-refractivity contribution in [2.24, 2.45) is 0 Å². The highest BCUT2D eigenvalue weighted by molar-refractivity contribution is 6.06. The zero-order chi connectivity index (χ0) is 22.1. The molecule has 0 saturated carbocycles. The second-order valence-corrected chi connectivity index (χ2v) is 7.93. The first-order chi connectivity index (χ1) is 14.9. The van der Waals surface area contributed by atoms with Gasteiger partial charge in [-0.25, -0.2) is 0 Å². The van der Waals surface area contributed by atoms with E-state index in [1.807, 2.05) is 38.1 Å². The van der Waals surface area contributed by atoms with Crippen molar-refractivity contribution in [2.75, 3.05) is 0 Å². The highest BCUT2D eigenvalue weighted by atomic mass is 16.5. The zero-order valence-corrected chi connectivity index (χ0v) is 17.4. The van der Waals surface area contributed by atoms with Crippen LogP contribution in [0.2, 0.25) is 0 Å². The van der Waals surface area contributed by atoms with Crippen molar-refractivity contribution >= 4 is 5.78 Å². The topological polar surface area (TPSA) is 87.0 Å². The molecule has 0 spiro atoms. The summed E-state index contributed by atoms with van der Waals surface area (Å²) in [6, 6.07) is 15.5. The molecule has 31 heavy (non-hydrogen) atoms. The van der Waals surface area contributed by atoms with Crippen LogP contribution in [-0.2, 0) is 6.42 Å². The highest BCUT2D eigenvalue weighted by Gasteiger charge is 2.35. The number of fused-ring (bicyclic) bond motifs is 1. The predicted octanol–water partition coefficient (Wildman–Crippen LogP) is 5.69. The van der Waals surface area contributed by atoms with Gasteiger partial charge in [0.2, 0.25) is 0 Å². The molecule has 0 aromatic heterocycles. The number of Topliss-reactive ketones (excluding diaryl/α,β-unsaturated/α-hetero) is 1. The molecule has 1 heterocycles. The summed E-state index contributed by atoms with van der Waals surface area (Å²) in [7, 11) is 0. The molecule has 0 radical (unpaired) electrons. The van der Waals surface area contributed by atoms with E-state index in [2.05, 4.69) is 0 Å². The lowest BCUT2D eigenvalue weighted by atomic mass is 9.88. The largest absolute Gasteiger partial charge is 0.508 e. The maximum atomic E-state index is 13.2. The first-order valence-electron chi connectivity index (χ1n) is 10.1. The molecule has 5 nitrogen and oxygen atoms in total. The van der Waals surface area contributed by atoms with E-state index in [4.69, 9.17) is 4.74 Å². The lowest BCUT2D eigenvalue weighted by Crippen LogP contribution is -2.22. The fraction of sp³-hybridized carbons (Fsp3) is 0.192. The number of benzene rings is 3. The molecule has 0 fully saturated rings. The average Bonchev–Trinajstić information content (AvgIpc) is 2.74. The summed E-state index contributed by atoms with van der Waals surface area (Å²) in [5.41, 5.74) is 3.20. The first-order valence-corrected chi connectivity index (χ1v) is 10.1. The van der Waals surface area contributed by atoms with Crippen molar-refractivity contribution in [3.8, 4) is 34.1 Å². The minimum Gasteiger partial charge on any atom is -0.508 e. The monoisotopic (exact) mass is 416 g/mol. The highest BCUT2D eigenvalue weighted by Crippen LogP contribution is 2.51. The van der Waals surface area contributed by atoms with E-state index < -0.39 is 6.10 Å². The number of carbonyl (C=O) groups is 1. The number of hydrogen-bond donors (Lipinski definition) is 3. The van der Waals surface area contributed by atoms with Crippen LogP contribution in [0, 0.1) is 0 Å². The van der Waals surface area contributed by atoms with Gasteiger partial charge in [-0.2, -0.15) is 0 Å². The summed E-state index contributed by atoms with van der Waals surface area (Å²) in [4.78, 5) is 13.2. The van der Waals surface area contributed by atoms with Crippen LogP contribution in [0.3, 0.4) is 0 Å². The van der Waals surface area contributed by atoms with Crippen LogP contribution in [0.25, 0.3) is 11.1 Å². The molecule has 0 amide bonds. The smallest absolute Gasteiger partial charge is 0.174 e. The number of hydrogen-bond acceptors (Lipinski definition) is 5. The van der Waals surface area contributed by atoms with E-state index in [-0.39, 0.29) is 46.3 Å². The molecule has 0 aliphatic carbocycles. The SMILES string of the molecule is CC(C)=CCc1c(O)c(-c2ccccc2)c(O)c2c1O[C@H](c1ccc(O)cc1)CC2=O. The van der Waals surface area contributed by atoms with Gasteiger partial charge in [0.15, 0.2) is 5.78 Å². The molecule has 1 atom stereocenters. The van der Waals surface area contributed by atoms with E-state index in [1.54, 1.807) is 24.3 Å². The molecule has 158 valence electrons. The van der Waals surface area contributed by atoms with Gasteiger partial charge in [-0.15, -0.1) is 0 Å². The Labute approximate surface area is 180 Å².